The number of nitrogens with two attached hydrogens (primary N) is 1. The first-order valence-electron chi connectivity index (χ1n) is 8.88. The number of nitrogens with zero attached hydrogens (tertiary/aromatic N) is 2. The largest absolute Gasteiger partial charge is 0.496 e. The highest BCUT2D eigenvalue weighted by Crippen LogP contribution is 2.32. The van der Waals surface area contributed by atoms with E-state index in [0.29, 0.717) is 42.1 Å². The Kier molecular flexibility index (Phi) is 5.93. The SMILES string of the molecule is CCOc1ccc([C@H](N)c2nc(-c3ccccc3OC)n[nH]2)cc1OCC. The summed E-state index contributed by atoms with van der Waals surface area (Å²) >= 11 is 0. The minimum atomic E-state index is -0.476. The number of rotatable bonds is 8. The van der Waals surface area contributed by atoms with Gasteiger partial charge in [-0.05, 0) is 43.7 Å². The summed E-state index contributed by atoms with van der Waals surface area (Å²) in [7, 11) is 1.62. The molecule has 3 aromatic rings. The Morgan fingerprint density at radius 1 is 1.00 bits per heavy atom. The molecule has 1 atom stereocenters. The second kappa shape index (κ2) is 8.55. The minimum absolute atomic E-state index is 0.476. The molecule has 27 heavy (non-hydrogen) atoms. The average Bonchev–Trinajstić information content (AvgIpc) is 3.19. The molecular formula is C20H24N4O3. The minimum Gasteiger partial charge on any atom is -0.496 e. The first kappa shape index (κ1) is 18.7. The first-order chi connectivity index (χ1) is 13.2. The summed E-state index contributed by atoms with van der Waals surface area (Å²) in [6, 6.07) is 12.8. The number of aromatic amines is 1. The van der Waals surface area contributed by atoms with Crippen LogP contribution < -0.4 is 19.9 Å². The summed E-state index contributed by atoms with van der Waals surface area (Å²) in [5.41, 5.74) is 8.06. The van der Waals surface area contributed by atoms with Crippen LogP contribution in [0.5, 0.6) is 17.2 Å². The van der Waals surface area contributed by atoms with Crippen molar-refractivity contribution in [3.8, 4) is 28.6 Å². The van der Waals surface area contributed by atoms with Crippen LogP contribution in [0, 0.1) is 0 Å². The van der Waals surface area contributed by atoms with Gasteiger partial charge in [0.2, 0.25) is 0 Å². The van der Waals surface area contributed by atoms with E-state index in [1.165, 1.54) is 0 Å². The predicted octanol–water partition coefficient (Wildman–Crippen LogP) is 3.33. The van der Waals surface area contributed by atoms with Crippen molar-refractivity contribution < 1.29 is 14.2 Å². The number of methoxy groups -OCH3 is 1. The molecular weight excluding hydrogens is 344 g/mol. The highest BCUT2D eigenvalue weighted by atomic mass is 16.5. The highest BCUT2D eigenvalue weighted by molar-refractivity contribution is 5.63. The zero-order chi connectivity index (χ0) is 19.2. The third kappa shape index (κ3) is 4.03. The van der Waals surface area contributed by atoms with E-state index in [4.69, 9.17) is 19.9 Å². The Bertz CT molecular complexity index is 894. The van der Waals surface area contributed by atoms with E-state index in [1.54, 1.807) is 7.11 Å². The van der Waals surface area contributed by atoms with Crippen molar-refractivity contribution in [1.29, 1.82) is 0 Å². The normalized spacial score (nSPS) is 11.9. The van der Waals surface area contributed by atoms with Gasteiger partial charge in [0.25, 0.3) is 0 Å². The van der Waals surface area contributed by atoms with Crippen LogP contribution in [-0.4, -0.2) is 35.5 Å². The van der Waals surface area contributed by atoms with Gasteiger partial charge < -0.3 is 19.9 Å². The quantitative estimate of drug-likeness (QED) is 0.633. The predicted molar refractivity (Wildman–Crippen MR) is 103 cm³/mol. The van der Waals surface area contributed by atoms with E-state index in [0.717, 1.165) is 11.1 Å². The molecule has 0 bridgehead atoms. The second-order valence-electron chi connectivity index (χ2n) is 5.79. The number of hydrogen-bond acceptors (Lipinski definition) is 6. The van der Waals surface area contributed by atoms with Gasteiger partial charge in [-0.15, -0.1) is 0 Å². The van der Waals surface area contributed by atoms with E-state index in [2.05, 4.69) is 15.2 Å². The van der Waals surface area contributed by atoms with Gasteiger partial charge in [-0.1, -0.05) is 18.2 Å². The maximum atomic E-state index is 6.41. The van der Waals surface area contributed by atoms with Gasteiger partial charge in [0.15, 0.2) is 17.3 Å². The van der Waals surface area contributed by atoms with Gasteiger partial charge in [-0.3, -0.25) is 5.10 Å². The molecule has 2 aromatic carbocycles. The zero-order valence-electron chi connectivity index (χ0n) is 15.7. The first-order valence-corrected chi connectivity index (χ1v) is 8.88. The van der Waals surface area contributed by atoms with Crippen molar-refractivity contribution in [1.82, 2.24) is 15.2 Å². The lowest BCUT2D eigenvalue weighted by atomic mass is 10.1. The molecule has 7 heteroatoms. The van der Waals surface area contributed by atoms with Crippen molar-refractivity contribution in [2.24, 2.45) is 5.73 Å². The number of nitrogens with one attached hydrogen (secondary N) is 1. The summed E-state index contributed by atoms with van der Waals surface area (Å²) < 4.78 is 16.7. The molecule has 3 N–H and O–H groups in total. The Labute approximate surface area is 158 Å². The van der Waals surface area contributed by atoms with E-state index in [1.807, 2.05) is 56.3 Å². The van der Waals surface area contributed by atoms with Crippen molar-refractivity contribution in [3.05, 3.63) is 53.9 Å². The molecule has 0 unspecified atom stereocenters. The molecule has 0 radical (unpaired) electrons. The molecule has 0 aliphatic carbocycles. The molecule has 3 rings (SSSR count). The number of hydrogen-bond donors (Lipinski definition) is 2. The Balaban J connectivity index is 1.89. The molecule has 1 aromatic heterocycles. The van der Waals surface area contributed by atoms with Crippen LogP contribution in [0.3, 0.4) is 0 Å². The van der Waals surface area contributed by atoms with Gasteiger partial charge in [-0.2, -0.15) is 5.10 Å². The maximum Gasteiger partial charge on any atom is 0.184 e. The van der Waals surface area contributed by atoms with E-state index >= 15 is 0 Å². The molecule has 1 heterocycles. The monoisotopic (exact) mass is 368 g/mol. The number of benzene rings is 2. The lowest BCUT2D eigenvalue weighted by Crippen LogP contribution is -2.14. The summed E-state index contributed by atoms with van der Waals surface area (Å²) in [6.45, 7) is 4.97. The molecule has 142 valence electrons. The Morgan fingerprint density at radius 2 is 1.74 bits per heavy atom. The summed E-state index contributed by atoms with van der Waals surface area (Å²) in [5, 5.41) is 7.23. The Morgan fingerprint density at radius 3 is 2.48 bits per heavy atom. The fourth-order valence-electron chi connectivity index (χ4n) is 2.78. The van der Waals surface area contributed by atoms with Gasteiger partial charge in [0.1, 0.15) is 11.6 Å². The van der Waals surface area contributed by atoms with E-state index < -0.39 is 6.04 Å². The molecule has 0 amide bonds. The molecule has 0 aliphatic heterocycles. The van der Waals surface area contributed by atoms with Gasteiger partial charge in [0, 0.05) is 0 Å². The number of ether oxygens (including phenoxy) is 3. The zero-order valence-corrected chi connectivity index (χ0v) is 15.7. The van der Waals surface area contributed by atoms with Crippen LogP contribution >= 0.6 is 0 Å². The molecule has 0 fully saturated rings. The second-order valence-corrected chi connectivity index (χ2v) is 5.79. The molecule has 0 spiro atoms. The topological polar surface area (TPSA) is 95.3 Å². The van der Waals surface area contributed by atoms with Crippen LogP contribution in [0.1, 0.15) is 31.3 Å². The van der Waals surface area contributed by atoms with E-state index in [-0.39, 0.29) is 0 Å². The van der Waals surface area contributed by atoms with Crippen molar-refractivity contribution in [3.63, 3.8) is 0 Å². The van der Waals surface area contributed by atoms with Crippen LogP contribution in [-0.2, 0) is 0 Å². The summed E-state index contributed by atoms with van der Waals surface area (Å²) in [5.74, 6) is 3.16. The standard InChI is InChI=1S/C20H24N4O3/c1-4-26-16-11-10-13(12-17(16)27-5-2)18(21)20-22-19(23-24-20)14-8-6-7-9-15(14)25-3/h6-12,18H,4-5,21H2,1-3H3,(H,22,23,24)/t18-/m0/s1. The van der Waals surface area contributed by atoms with Crippen molar-refractivity contribution in [2.45, 2.75) is 19.9 Å². The molecule has 0 saturated heterocycles. The van der Waals surface area contributed by atoms with Crippen LogP contribution in [0.15, 0.2) is 42.5 Å². The van der Waals surface area contributed by atoms with Crippen molar-refractivity contribution in [2.75, 3.05) is 20.3 Å². The van der Waals surface area contributed by atoms with Crippen LogP contribution in [0.2, 0.25) is 0 Å². The molecule has 0 saturated carbocycles. The summed E-state index contributed by atoms with van der Waals surface area (Å²) in [6.07, 6.45) is 0. The lowest BCUT2D eigenvalue weighted by Gasteiger charge is -2.14. The van der Waals surface area contributed by atoms with Crippen LogP contribution in [0.4, 0.5) is 0 Å². The fourth-order valence-corrected chi connectivity index (χ4v) is 2.78. The number of H-pyrrole nitrogens is 1. The third-order valence-electron chi connectivity index (χ3n) is 4.07. The summed E-state index contributed by atoms with van der Waals surface area (Å²) in [4.78, 5) is 4.56. The smallest absolute Gasteiger partial charge is 0.184 e. The van der Waals surface area contributed by atoms with Gasteiger partial charge >= 0.3 is 0 Å². The highest BCUT2D eigenvalue weighted by Gasteiger charge is 2.18. The van der Waals surface area contributed by atoms with Gasteiger partial charge in [0.05, 0.1) is 31.9 Å². The van der Waals surface area contributed by atoms with Crippen LogP contribution in [0.25, 0.3) is 11.4 Å². The maximum absolute atomic E-state index is 6.41. The van der Waals surface area contributed by atoms with E-state index in [9.17, 15) is 0 Å². The third-order valence-corrected chi connectivity index (χ3v) is 4.07. The molecule has 7 nitrogen and oxygen atoms in total. The fraction of sp³-hybridized carbons (Fsp3) is 0.300. The number of aromatic nitrogens is 3. The average molecular weight is 368 g/mol. The number of para-hydroxylation sites is 1. The van der Waals surface area contributed by atoms with Crippen molar-refractivity contribution >= 4 is 0 Å². The lowest BCUT2D eigenvalue weighted by molar-refractivity contribution is 0.287. The van der Waals surface area contributed by atoms with Gasteiger partial charge in [-0.25, -0.2) is 4.98 Å². The molecule has 0 aliphatic rings. The Hall–Kier alpha value is -3.06.